The number of carbonyl (C=O) groups excluding carboxylic acids is 1. The number of carboxylic acids is 1. The van der Waals surface area contributed by atoms with Crippen molar-refractivity contribution >= 4 is 24.3 Å². The quantitative estimate of drug-likeness (QED) is 0.558. The zero-order chi connectivity index (χ0) is 23.5. The second-order valence-electron chi connectivity index (χ2n) is 9.10. The van der Waals surface area contributed by atoms with Crippen LogP contribution in [0.25, 0.3) is 0 Å². The van der Waals surface area contributed by atoms with Crippen molar-refractivity contribution in [2.75, 3.05) is 33.4 Å². The number of halogens is 1. The highest BCUT2D eigenvalue weighted by atomic mass is 35.5. The van der Waals surface area contributed by atoms with Crippen LogP contribution < -0.4 is 10.1 Å². The fourth-order valence-corrected chi connectivity index (χ4v) is 4.59. The number of aromatic carboxylic acids is 1. The van der Waals surface area contributed by atoms with Crippen LogP contribution in [0.5, 0.6) is 5.75 Å². The molecule has 1 amide bonds. The molecule has 8 heteroatoms. The number of aryl methyl sites for hydroxylation is 1. The summed E-state index contributed by atoms with van der Waals surface area (Å²) in [7, 11) is 1.98. The fraction of sp³-hybridized carbons (Fsp3) is 0.462. The number of ether oxygens (including phenoxy) is 2. The van der Waals surface area contributed by atoms with Crippen molar-refractivity contribution in [2.24, 2.45) is 0 Å². The number of likely N-dealkylation sites (N-methyl/N-ethyl adjacent to an activating group) is 1. The van der Waals surface area contributed by atoms with Crippen LogP contribution in [0.4, 0.5) is 0 Å². The molecule has 4 rings (SSSR count). The maximum Gasteiger partial charge on any atom is 0.335 e. The predicted molar refractivity (Wildman–Crippen MR) is 132 cm³/mol. The number of carboxylic acid groups (broad SMARTS) is 1. The van der Waals surface area contributed by atoms with Gasteiger partial charge in [0.05, 0.1) is 11.1 Å². The van der Waals surface area contributed by atoms with Crippen LogP contribution in [0.2, 0.25) is 0 Å². The Morgan fingerprint density at radius 3 is 2.29 bits per heavy atom. The molecule has 1 aliphatic heterocycles. The molecule has 2 fully saturated rings. The van der Waals surface area contributed by atoms with Crippen molar-refractivity contribution < 1.29 is 24.2 Å². The largest absolute Gasteiger partial charge is 0.492 e. The molecular weight excluding hydrogens is 456 g/mol. The number of amides is 1. The summed E-state index contributed by atoms with van der Waals surface area (Å²) >= 11 is 0. The standard InChI is InChI=1S/C26H32N2O5.ClH/c1-19-5-3-4-6-22(19)33-18-15-28(2)26(13-16-32-17-14-26)24(31)27-25(11-12-25)21-9-7-20(8-10-21)23(29)30;/h3-10H,11-18H2,1-2H3,(H,27,31)(H,29,30);1H. The Hall–Kier alpha value is -2.61. The summed E-state index contributed by atoms with van der Waals surface area (Å²) in [6.07, 6.45) is 2.93. The zero-order valence-corrected chi connectivity index (χ0v) is 20.5. The van der Waals surface area contributed by atoms with Crippen molar-refractivity contribution in [2.45, 2.75) is 43.7 Å². The molecule has 34 heavy (non-hydrogen) atoms. The van der Waals surface area contributed by atoms with E-state index in [4.69, 9.17) is 14.6 Å². The van der Waals surface area contributed by atoms with Gasteiger partial charge in [-0.1, -0.05) is 30.3 Å². The van der Waals surface area contributed by atoms with Gasteiger partial charge in [-0.15, -0.1) is 12.4 Å². The monoisotopic (exact) mass is 488 g/mol. The Morgan fingerprint density at radius 2 is 1.71 bits per heavy atom. The third kappa shape index (κ3) is 5.37. The molecule has 0 radical (unpaired) electrons. The second kappa shape index (κ2) is 10.8. The van der Waals surface area contributed by atoms with E-state index in [9.17, 15) is 9.59 Å². The first kappa shape index (κ1) is 26.0. The van der Waals surface area contributed by atoms with Crippen LogP contribution in [-0.2, 0) is 15.1 Å². The minimum Gasteiger partial charge on any atom is -0.492 e. The fourth-order valence-electron chi connectivity index (χ4n) is 4.59. The molecule has 7 nitrogen and oxygen atoms in total. The Balaban J connectivity index is 0.00000324. The lowest BCUT2D eigenvalue weighted by atomic mass is 9.86. The Morgan fingerprint density at radius 1 is 1.06 bits per heavy atom. The van der Waals surface area contributed by atoms with E-state index in [1.807, 2.05) is 50.4 Å². The normalized spacial score (nSPS) is 18.0. The number of carbonyl (C=O) groups is 2. The smallest absolute Gasteiger partial charge is 0.335 e. The van der Waals surface area contributed by atoms with Crippen LogP contribution >= 0.6 is 12.4 Å². The molecule has 1 saturated heterocycles. The van der Waals surface area contributed by atoms with E-state index in [-0.39, 0.29) is 23.9 Å². The first-order chi connectivity index (χ1) is 15.9. The van der Waals surface area contributed by atoms with Crippen LogP contribution in [0.1, 0.15) is 47.2 Å². The molecule has 1 saturated carbocycles. The van der Waals surface area contributed by atoms with E-state index in [1.54, 1.807) is 12.1 Å². The molecule has 0 bridgehead atoms. The average molecular weight is 489 g/mol. The highest BCUT2D eigenvalue weighted by Gasteiger charge is 2.51. The summed E-state index contributed by atoms with van der Waals surface area (Å²) < 4.78 is 11.6. The summed E-state index contributed by atoms with van der Waals surface area (Å²) in [6, 6.07) is 14.7. The van der Waals surface area contributed by atoms with Crippen LogP contribution in [-0.4, -0.2) is 60.8 Å². The van der Waals surface area contributed by atoms with Crippen molar-refractivity contribution in [1.29, 1.82) is 0 Å². The second-order valence-corrected chi connectivity index (χ2v) is 9.10. The van der Waals surface area contributed by atoms with E-state index in [1.165, 1.54) is 0 Å². The van der Waals surface area contributed by atoms with Gasteiger partial charge in [-0.05, 0) is 69.0 Å². The van der Waals surface area contributed by atoms with Gasteiger partial charge >= 0.3 is 5.97 Å². The number of hydrogen-bond acceptors (Lipinski definition) is 5. The van der Waals surface area contributed by atoms with E-state index in [0.717, 1.165) is 29.7 Å². The van der Waals surface area contributed by atoms with Gasteiger partial charge in [-0.3, -0.25) is 9.69 Å². The number of nitrogens with zero attached hydrogens (tertiary/aromatic N) is 1. The van der Waals surface area contributed by atoms with Crippen molar-refractivity contribution in [1.82, 2.24) is 10.2 Å². The molecule has 2 aromatic carbocycles. The van der Waals surface area contributed by atoms with Gasteiger partial charge in [0.15, 0.2) is 0 Å². The van der Waals surface area contributed by atoms with Crippen LogP contribution in [0.3, 0.4) is 0 Å². The van der Waals surface area contributed by atoms with Gasteiger partial charge in [-0.2, -0.15) is 0 Å². The molecule has 2 aliphatic rings. The predicted octanol–water partition coefficient (Wildman–Crippen LogP) is 3.78. The molecule has 0 aromatic heterocycles. The third-order valence-electron chi connectivity index (χ3n) is 7.04. The zero-order valence-electron chi connectivity index (χ0n) is 19.7. The van der Waals surface area contributed by atoms with Gasteiger partial charge < -0.3 is 19.9 Å². The lowest BCUT2D eigenvalue weighted by molar-refractivity contribution is -0.140. The molecular formula is C26H33ClN2O5. The van der Waals surface area contributed by atoms with E-state index >= 15 is 0 Å². The maximum absolute atomic E-state index is 13.7. The molecule has 2 N–H and O–H groups in total. The summed E-state index contributed by atoms with van der Waals surface area (Å²) in [5, 5.41) is 12.5. The van der Waals surface area contributed by atoms with Gasteiger partial charge in [0.25, 0.3) is 0 Å². The SMILES string of the molecule is Cc1ccccc1OCCN(C)C1(C(=O)NC2(c3ccc(C(=O)O)cc3)CC2)CCOCC1.Cl. The summed E-state index contributed by atoms with van der Waals surface area (Å²) in [5.74, 6) is -0.0896. The molecule has 1 aliphatic carbocycles. The van der Waals surface area contributed by atoms with Crippen molar-refractivity contribution in [3.8, 4) is 5.75 Å². The van der Waals surface area contributed by atoms with Crippen LogP contribution in [0, 0.1) is 6.92 Å². The van der Waals surface area contributed by atoms with Crippen LogP contribution in [0.15, 0.2) is 48.5 Å². The molecule has 184 valence electrons. The molecule has 0 spiro atoms. The average Bonchev–Trinajstić information content (AvgIpc) is 3.61. The van der Waals surface area contributed by atoms with E-state index in [0.29, 0.717) is 39.2 Å². The Labute approximate surface area is 206 Å². The summed E-state index contributed by atoms with van der Waals surface area (Å²) in [6.45, 7) is 4.19. The number of benzene rings is 2. The first-order valence-corrected chi connectivity index (χ1v) is 11.5. The molecule has 1 heterocycles. The number of hydrogen-bond donors (Lipinski definition) is 2. The van der Waals surface area contributed by atoms with E-state index in [2.05, 4.69) is 10.2 Å². The van der Waals surface area contributed by atoms with Gasteiger partial charge in [-0.25, -0.2) is 4.79 Å². The molecule has 2 aromatic rings. The number of rotatable bonds is 9. The minimum atomic E-state index is -0.953. The lowest BCUT2D eigenvalue weighted by Crippen LogP contribution is -2.62. The molecule has 0 atom stereocenters. The number of nitrogens with one attached hydrogen (secondary N) is 1. The van der Waals surface area contributed by atoms with Gasteiger partial charge in [0.1, 0.15) is 17.9 Å². The summed E-state index contributed by atoms with van der Waals surface area (Å²) in [4.78, 5) is 27.0. The highest BCUT2D eigenvalue weighted by Crippen LogP contribution is 2.46. The lowest BCUT2D eigenvalue weighted by Gasteiger charge is -2.43. The van der Waals surface area contributed by atoms with E-state index < -0.39 is 17.0 Å². The van der Waals surface area contributed by atoms with Gasteiger partial charge in [0.2, 0.25) is 5.91 Å². The first-order valence-electron chi connectivity index (χ1n) is 11.5. The topological polar surface area (TPSA) is 88.1 Å². The Kier molecular flexibility index (Phi) is 8.23. The molecule has 0 unspecified atom stereocenters. The van der Waals surface area contributed by atoms with Gasteiger partial charge in [0, 0.05) is 19.8 Å². The highest BCUT2D eigenvalue weighted by molar-refractivity contribution is 5.88. The minimum absolute atomic E-state index is 0. The summed E-state index contributed by atoms with van der Waals surface area (Å²) in [5.41, 5.74) is 1.20. The van der Waals surface area contributed by atoms with Crippen molar-refractivity contribution in [3.05, 3.63) is 65.2 Å². The maximum atomic E-state index is 13.7. The third-order valence-corrected chi connectivity index (χ3v) is 7.04. The van der Waals surface area contributed by atoms with Crippen molar-refractivity contribution in [3.63, 3.8) is 0 Å². The Bertz CT molecular complexity index is 1000. The number of para-hydroxylation sites is 1.